The molecular weight excluding hydrogens is 371 g/mol. The minimum absolute atomic E-state index is 0.157. The highest BCUT2D eigenvalue weighted by molar-refractivity contribution is 6.04. The largest absolute Gasteiger partial charge is 0.357 e. The fourth-order valence-electron chi connectivity index (χ4n) is 2.82. The number of hydrogen-bond donors (Lipinski definition) is 2. The lowest BCUT2D eigenvalue weighted by atomic mass is 10.2. The van der Waals surface area contributed by atoms with E-state index in [1.165, 1.54) is 6.20 Å². The molecule has 0 fully saturated rings. The number of hydrogen-bond acceptors (Lipinski definition) is 6. The molecule has 2 aromatic heterocycles. The molecule has 0 aliphatic carbocycles. The number of pyridine rings is 1. The molecule has 0 bridgehead atoms. The normalized spacial score (nSPS) is 10.5. The van der Waals surface area contributed by atoms with Crippen molar-refractivity contribution in [1.29, 1.82) is 0 Å². The number of carbonyl (C=O) groups is 1. The Morgan fingerprint density at radius 1 is 1.03 bits per heavy atom. The van der Waals surface area contributed by atoms with Crippen LogP contribution in [0.3, 0.4) is 0 Å². The van der Waals surface area contributed by atoms with E-state index in [0.717, 1.165) is 42.6 Å². The first-order valence-electron chi connectivity index (χ1n) is 9.38. The minimum Gasteiger partial charge on any atom is -0.357 e. The van der Waals surface area contributed by atoms with Crippen molar-refractivity contribution in [1.82, 2.24) is 15.0 Å². The first-order chi connectivity index (χ1) is 14.0. The van der Waals surface area contributed by atoms with Crippen molar-refractivity contribution in [3.63, 3.8) is 0 Å². The molecule has 1 amide bonds. The summed E-state index contributed by atoms with van der Waals surface area (Å²) in [6, 6.07) is 10.2. The maximum atomic E-state index is 13.2. The van der Waals surface area contributed by atoms with Crippen molar-refractivity contribution < 1.29 is 9.18 Å². The molecule has 3 aromatic rings. The summed E-state index contributed by atoms with van der Waals surface area (Å²) in [6.45, 7) is 7.82. The number of aryl methyl sites for hydroxylation is 1. The summed E-state index contributed by atoms with van der Waals surface area (Å²) in [5, 5.41) is 5.90. The second kappa shape index (κ2) is 9.09. The molecular formula is C21H23FN6O. The Kier molecular flexibility index (Phi) is 6.33. The van der Waals surface area contributed by atoms with Crippen molar-refractivity contribution in [3.8, 4) is 0 Å². The topological polar surface area (TPSA) is 83.0 Å². The highest BCUT2D eigenvalue weighted by atomic mass is 19.1. The monoisotopic (exact) mass is 394 g/mol. The van der Waals surface area contributed by atoms with Gasteiger partial charge >= 0.3 is 0 Å². The van der Waals surface area contributed by atoms with Gasteiger partial charge in [0.1, 0.15) is 11.6 Å². The van der Waals surface area contributed by atoms with Crippen LogP contribution in [0.15, 0.2) is 48.8 Å². The van der Waals surface area contributed by atoms with Gasteiger partial charge in [0.05, 0.1) is 11.8 Å². The van der Waals surface area contributed by atoms with Gasteiger partial charge in [0.25, 0.3) is 5.91 Å². The van der Waals surface area contributed by atoms with Crippen molar-refractivity contribution >= 4 is 29.0 Å². The summed E-state index contributed by atoms with van der Waals surface area (Å²) in [6.07, 6.45) is 2.37. The van der Waals surface area contributed by atoms with Gasteiger partial charge in [-0.3, -0.25) is 9.78 Å². The zero-order valence-corrected chi connectivity index (χ0v) is 16.6. The van der Waals surface area contributed by atoms with Crippen LogP contribution in [0.5, 0.6) is 0 Å². The molecule has 0 spiro atoms. The summed E-state index contributed by atoms with van der Waals surface area (Å²) in [5.74, 6) is 0.398. The van der Waals surface area contributed by atoms with Crippen LogP contribution in [-0.4, -0.2) is 33.9 Å². The summed E-state index contributed by atoms with van der Waals surface area (Å²) >= 11 is 0. The molecule has 0 atom stereocenters. The number of aromatic nitrogens is 3. The standard InChI is InChI=1S/C21H23FN6O/c1-4-28(5-2)19-10-14(3)24-21(27-19)26-18-8-6-17(7-9-18)25-20(29)15-11-16(22)13-23-12-15/h6-13H,4-5H2,1-3H3,(H,25,29)(H,24,26,27). The number of benzene rings is 1. The van der Waals surface area contributed by atoms with Crippen LogP contribution in [0.1, 0.15) is 29.9 Å². The van der Waals surface area contributed by atoms with Crippen molar-refractivity contribution in [2.45, 2.75) is 20.8 Å². The lowest BCUT2D eigenvalue weighted by Crippen LogP contribution is -2.23. The van der Waals surface area contributed by atoms with Crippen LogP contribution in [-0.2, 0) is 0 Å². The van der Waals surface area contributed by atoms with Gasteiger partial charge < -0.3 is 15.5 Å². The van der Waals surface area contributed by atoms with E-state index in [2.05, 4.69) is 44.3 Å². The second-order valence-corrected chi connectivity index (χ2v) is 6.41. The number of amides is 1. The Hall–Kier alpha value is -3.55. The lowest BCUT2D eigenvalue weighted by Gasteiger charge is -2.20. The van der Waals surface area contributed by atoms with Crippen LogP contribution in [0.4, 0.5) is 27.5 Å². The molecule has 0 aliphatic rings. The average molecular weight is 394 g/mol. The molecule has 1 aromatic carbocycles. The molecule has 0 radical (unpaired) electrons. The molecule has 150 valence electrons. The van der Waals surface area contributed by atoms with E-state index in [0.29, 0.717) is 11.6 Å². The summed E-state index contributed by atoms with van der Waals surface area (Å²) in [5.41, 5.74) is 2.40. The van der Waals surface area contributed by atoms with Crippen molar-refractivity contribution in [2.75, 3.05) is 28.6 Å². The van der Waals surface area contributed by atoms with Gasteiger partial charge in [0, 0.05) is 42.4 Å². The van der Waals surface area contributed by atoms with Gasteiger partial charge in [-0.2, -0.15) is 4.98 Å². The molecule has 7 nitrogen and oxygen atoms in total. The Bertz CT molecular complexity index is 989. The Balaban J connectivity index is 1.70. The van der Waals surface area contributed by atoms with E-state index in [1.807, 2.05) is 25.1 Å². The molecule has 0 aliphatic heterocycles. The molecule has 2 heterocycles. The molecule has 8 heteroatoms. The maximum Gasteiger partial charge on any atom is 0.257 e. The van der Waals surface area contributed by atoms with Crippen LogP contribution in [0.2, 0.25) is 0 Å². The van der Waals surface area contributed by atoms with Gasteiger partial charge in [-0.1, -0.05) is 0 Å². The fourth-order valence-corrected chi connectivity index (χ4v) is 2.82. The van der Waals surface area contributed by atoms with E-state index < -0.39 is 11.7 Å². The van der Waals surface area contributed by atoms with Gasteiger partial charge in [-0.25, -0.2) is 9.37 Å². The zero-order chi connectivity index (χ0) is 20.8. The molecule has 0 saturated carbocycles. The van der Waals surface area contributed by atoms with Crippen molar-refractivity contribution in [2.24, 2.45) is 0 Å². The number of anilines is 4. The van der Waals surface area contributed by atoms with Gasteiger partial charge in [-0.15, -0.1) is 0 Å². The van der Waals surface area contributed by atoms with Crippen LogP contribution >= 0.6 is 0 Å². The highest BCUT2D eigenvalue weighted by Gasteiger charge is 2.09. The van der Waals surface area contributed by atoms with Gasteiger partial charge in [0.15, 0.2) is 0 Å². The third-order valence-corrected chi connectivity index (χ3v) is 4.29. The third-order valence-electron chi connectivity index (χ3n) is 4.29. The Morgan fingerprint density at radius 2 is 1.72 bits per heavy atom. The first-order valence-corrected chi connectivity index (χ1v) is 9.38. The molecule has 3 rings (SSSR count). The quantitative estimate of drug-likeness (QED) is 0.626. The SMILES string of the molecule is CCN(CC)c1cc(C)nc(Nc2ccc(NC(=O)c3cncc(F)c3)cc2)n1. The van der Waals surface area contributed by atoms with E-state index >= 15 is 0 Å². The highest BCUT2D eigenvalue weighted by Crippen LogP contribution is 2.20. The number of nitrogens with one attached hydrogen (secondary N) is 2. The molecule has 0 unspecified atom stereocenters. The lowest BCUT2D eigenvalue weighted by molar-refractivity contribution is 0.102. The first kappa shape index (κ1) is 20.2. The van der Waals surface area contributed by atoms with Gasteiger partial charge in [0.2, 0.25) is 5.95 Å². The smallest absolute Gasteiger partial charge is 0.257 e. The number of nitrogens with zero attached hydrogens (tertiary/aromatic N) is 4. The van der Waals surface area contributed by atoms with E-state index in [-0.39, 0.29) is 5.56 Å². The molecule has 2 N–H and O–H groups in total. The molecule has 29 heavy (non-hydrogen) atoms. The summed E-state index contributed by atoms with van der Waals surface area (Å²) in [4.78, 5) is 27.0. The van der Waals surface area contributed by atoms with E-state index in [1.54, 1.807) is 12.1 Å². The zero-order valence-electron chi connectivity index (χ0n) is 16.6. The van der Waals surface area contributed by atoms with E-state index in [9.17, 15) is 9.18 Å². The summed E-state index contributed by atoms with van der Waals surface area (Å²) in [7, 11) is 0. The number of carbonyl (C=O) groups excluding carboxylic acids is 1. The third kappa shape index (κ3) is 5.25. The van der Waals surface area contributed by atoms with Crippen LogP contribution in [0, 0.1) is 12.7 Å². The fraction of sp³-hybridized carbons (Fsp3) is 0.238. The average Bonchev–Trinajstić information content (AvgIpc) is 2.70. The minimum atomic E-state index is -0.556. The van der Waals surface area contributed by atoms with Crippen molar-refractivity contribution in [3.05, 3.63) is 65.9 Å². The second-order valence-electron chi connectivity index (χ2n) is 6.41. The predicted octanol–water partition coefficient (Wildman–Crippen LogP) is 4.16. The molecule has 0 saturated heterocycles. The predicted molar refractivity (Wildman–Crippen MR) is 112 cm³/mol. The van der Waals surface area contributed by atoms with E-state index in [4.69, 9.17) is 0 Å². The number of halogens is 1. The van der Waals surface area contributed by atoms with Crippen LogP contribution < -0.4 is 15.5 Å². The maximum absolute atomic E-state index is 13.2. The van der Waals surface area contributed by atoms with Crippen LogP contribution in [0.25, 0.3) is 0 Å². The summed E-state index contributed by atoms with van der Waals surface area (Å²) < 4.78 is 13.2. The Labute approximate surface area is 169 Å². The Morgan fingerprint density at radius 3 is 2.38 bits per heavy atom. The number of rotatable bonds is 7. The van der Waals surface area contributed by atoms with Gasteiger partial charge in [-0.05, 0) is 51.1 Å².